The van der Waals surface area contributed by atoms with E-state index in [4.69, 9.17) is 0 Å². The average molecular weight is 415 g/mol. The van der Waals surface area contributed by atoms with Gasteiger partial charge < -0.3 is 5.11 Å². The first kappa shape index (κ1) is 22.9. The van der Waals surface area contributed by atoms with Crippen LogP contribution >= 0.6 is 0 Å². The topological polar surface area (TPSA) is 20.2 Å². The van der Waals surface area contributed by atoms with E-state index in [9.17, 15) is 5.11 Å². The summed E-state index contributed by atoms with van der Waals surface area (Å²) in [7, 11) is 0. The van der Waals surface area contributed by atoms with Crippen LogP contribution in [0.4, 0.5) is 0 Å². The zero-order valence-corrected chi connectivity index (χ0v) is 20.9. The van der Waals surface area contributed by atoms with Gasteiger partial charge in [0, 0.05) is 0 Å². The van der Waals surface area contributed by atoms with Crippen LogP contribution in [0.1, 0.15) is 106 Å². The van der Waals surface area contributed by atoms with Crippen molar-refractivity contribution in [1.82, 2.24) is 0 Å². The number of hydrogen-bond acceptors (Lipinski definition) is 1. The molecule has 0 radical (unpaired) electrons. The van der Waals surface area contributed by atoms with Gasteiger partial charge >= 0.3 is 0 Å². The fourth-order valence-electron chi connectivity index (χ4n) is 9.42. The average Bonchev–Trinajstić information content (AvgIpc) is 3.06. The molecule has 0 aliphatic heterocycles. The highest BCUT2D eigenvalue weighted by atomic mass is 16.3. The summed E-state index contributed by atoms with van der Waals surface area (Å²) in [6.45, 7) is 14.9. The Morgan fingerprint density at radius 1 is 0.867 bits per heavy atom. The van der Waals surface area contributed by atoms with Gasteiger partial charge in [-0.1, -0.05) is 53.7 Å². The standard InChI is InChI=1S/C29H50O/c1-7-21(19(2)3)9-8-20(4)25-12-13-26-24-11-10-22-18-23(30)14-16-28(22,5)27(24)15-17-29(25,26)6/h8-9,19-27,30H,7,10-18H2,1-6H3/t20-,21+,22?,23-,24+,25-,26+,27+,28+,29-/m1/s1. The van der Waals surface area contributed by atoms with Crippen LogP contribution in [0.5, 0.6) is 0 Å². The maximum absolute atomic E-state index is 10.3. The number of rotatable bonds is 5. The number of allylic oxidation sites excluding steroid dienone is 2. The summed E-state index contributed by atoms with van der Waals surface area (Å²) in [4.78, 5) is 0. The Hall–Kier alpha value is -0.300. The molecule has 1 N–H and O–H groups in total. The third-order valence-electron chi connectivity index (χ3n) is 11.3. The highest BCUT2D eigenvalue weighted by Crippen LogP contribution is 2.68. The van der Waals surface area contributed by atoms with Crippen molar-refractivity contribution in [3.63, 3.8) is 0 Å². The first-order valence-corrected chi connectivity index (χ1v) is 13.6. The quantitative estimate of drug-likeness (QED) is 0.454. The maximum Gasteiger partial charge on any atom is 0.0543 e. The number of aliphatic hydroxyl groups excluding tert-OH is 1. The monoisotopic (exact) mass is 414 g/mol. The maximum atomic E-state index is 10.3. The predicted molar refractivity (Wildman–Crippen MR) is 128 cm³/mol. The lowest BCUT2D eigenvalue weighted by atomic mass is 9.44. The van der Waals surface area contributed by atoms with Crippen molar-refractivity contribution in [2.75, 3.05) is 0 Å². The highest BCUT2D eigenvalue weighted by Gasteiger charge is 2.60. The molecular formula is C29H50O. The molecule has 10 atom stereocenters. The molecule has 172 valence electrons. The Morgan fingerprint density at radius 3 is 2.27 bits per heavy atom. The van der Waals surface area contributed by atoms with Crippen molar-refractivity contribution >= 4 is 0 Å². The number of hydrogen-bond donors (Lipinski definition) is 1. The Bertz CT molecular complexity index is 622. The Balaban J connectivity index is 1.49. The summed E-state index contributed by atoms with van der Waals surface area (Å²) in [5.41, 5.74) is 1.07. The van der Waals surface area contributed by atoms with Gasteiger partial charge in [-0.3, -0.25) is 0 Å². The summed E-state index contributed by atoms with van der Waals surface area (Å²) in [5, 5.41) is 10.3. The van der Waals surface area contributed by atoms with Crippen LogP contribution in [0.25, 0.3) is 0 Å². The molecule has 0 aromatic heterocycles. The van der Waals surface area contributed by atoms with Crippen molar-refractivity contribution in [3.8, 4) is 0 Å². The van der Waals surface area contributed by atoms with Gasteiger partial charge in [-0.15, -0.1) is 0 Å². The Morgan fingerprint density at radius 2 is 1.57 bits per heavy atom. The van der Waals surface area contributed by atoms with Gasteiger partial charge in [0.15, 0.2) is 0 Å². The van der Waals surface area contributed by atoms with Gasteiger partial charge in [-0.05, 0) is 122 Å². The summed E-state index contributed by atoms with van der Waals surface area (Å²) in [6, 6.07) is 0. The van der Waals surface area contributed by atoms with Gasteiger partial charge in [0.25, 0.3) is 0 Å². The van der Waals surface area contributed by atoms with E-state index in [-0.39, 0.29) is 6.10 Å². The first-order valence-electron chi connectivity index (χ1n) is 13.6. The van der Waals surface area contributed by atoms with Crippen LogP contribution in [0.3, 0.4) is 0 Å². The zero-order valence-electron chi connectivity index (χ0n) is 20.9. The summed E-state index contributed by atoms with van der Waals surface area (Å²) >= 11 is 0. The van der Waals surface area contributed by atoms with Crippen LogP contribution in [-0.4, -0.2) is 11.2 Å². The van der Waals surface area contributed by atoms with Crippen LogP contribution < -0.4 is 0 Å². The lowest BCUT2D eigenvalue weighted by Crippen LogP contribution is -2.54. The number of aliphatic hydroxyl groups is 1. The van der Waals surface area contributed by atoms with Crippen molar-refractivity contribution in [3.05, 3.63) is 12.2 Å². The van der Waals surface area contributed by atoms with Gasteiger partial charge in [0.1, 0.15) is 0 Å². The lowest BCUT2D eigenvalue weighted by Gasteiger charge is -2.61. The zero-order chi connectivity index (χ0) is 21.7. The highest BCUT2D eigenvalue weighted by molar-refractivity contribution is 5.11. The van der Waals surface area contributed by atoms with Crippen molar-refractivity contribution in [2.24, 2.45) is 58.2 Å². The normalized spacial score (nSPS) is 48.3. The van der Waals surface area contributed by atoms with E-state index in [0.29, 0.717) is 10.8 Å². The molecule has 0 saturated heterocycles. The molecule has 4 aliphatic rings. The van der Waals surface area contributed by atoms with Crippen molar-refractivity contribution in [1.29, 1.82) is 0 Å². The minimum absolute atomic E-state index is 0.0187. The molecule has 0 amide bonds. The van der Waals surface area contributed by atoms with Crippen molar-refractivity contribution in [2.45, 2.75) is 112 Å². The van der Waals surface area contributed by atoms with Crippen LogP contribution in [0, 0.1) is 58.2 Å². The summed E-state index contributed by atoms with van der Waals surface area (Å²) in [6.07, 6.45) is 18.5. The van der Waals surface area contributed by atoms with Gasteiger partial charge in [0.2, 0.25) is 0 Å². The Kier molecular flexibility index (Phi) is 6.53. The molecule has 0 bridgehead atoms. The Labute approximate surface area is 187 Å². The molecule has 1 heteroatoms. The van der Waals surface area contributed by atoms with E-state index < -0.39 is 0 Å². The van der Waals surface area contributed by atoms with E-state index in [1.54, 1.807) is 0 Å². The van der Waals surface area contributed by atoms with Gasteiger partial charge in [-0.25, -0.2) is 0 Å². The molecular weight excluding hydrogens is 364 g/mol. The molecule has 4 saturated carbocycles. The molecule has 1 unspecified atom stereocenters. The van der Waals surface area contributed by atoms with E-state index in [1.807, 2.05) is 0 Å². The fraction of sp³-hybridized carbons (Fsp3) is 0.931. The van der Waals surface area contributed by atoms with E-state index in [1.165, 1.54) is 51.4 Å². The molecule has 30 heavy (non-hydrogen) atoms. The molecule has 4 aliphatic carbocycles. The first-order chi connectivity index (χ1) is 14.2. The molecule has 0 aromatic carbocycles. The molecule has 4 fully saturated rings. The second kappa shape index (κ2) is 8.57. The fourth-order valence-corrected chi connectivity index (χ4v) is 9.42. The van der Waals surface area contributed by atoms with Gasteiger partial charge in [-0.2, -0.15) is 0 Å². The lowest BCUT2D eigenvalue weighted by molar-refractivity contribution is -0.128. The SMILES string of the molecule is CC[C@@H](C=C[C@@H](C)[C@H]1CC[C@H]2[C@@H]3CCC4C[C@H](O)CC[C@]4(C)[C@H]3CC[C@]12C)C(C)C. The van der Waals surface area contributed by atoms with Crippen molar-refractivity contribution < 1.29 is 5.11 Å². The summed E-state index contributed by atoms with van der Waals surface area (Å²) in [5.74, 6) is 6.72. The minimum Gasteiger partial charge on any atom is -0.393 e. The van der Waals surface area contributed by atoms with E-state index in [0.717, 1.165) is 60.2 Å². The third-order valence-corrected chi connectivity index (χ3v) is 11.3. The molecule has 1 nitrogen and oxygen atoms in total. The van der Waals surface area contributed by atoms with Crippen LogP contribution in [0.2, 0.25) is 0 Å². The van der Waals surface area contributed by atoms with Gasteiger partial charge in [0.05, 0.1) is 6.10 Å². The molecule has 0 heterocycles. The predicted octanol–water partition coefficient (Wildman–Crippen LogP) is 7.88. The number of fused-ring (bicyclic) bond motifs is 5. The summed E-state index contributed by atoms with van der Waals surface area (Å²) < 4.78 is 0. The molecule has 4 rings (SSSR count). The molecule has 0 aromatic rings. The van der Waals surface area contributed by atoms with E-state index in [2.05, 4.69) is 53.7 Å². The molecule has 0 spiro atoms. The second-order valence-electron chi connectivity index (χ2n) is 12.9. The third kappa shape index (κ3) is 3.74. The largest absolute Gasteiger partial charge is 0.393 e. The smallest absolute Gasteiger partial charge is 0.0543 e. The van der Waals surface area contributed by atoms with Crippen LogP contribution in [-0.2, 0) is 0 Å². The second-order valence-corrected chi connectivity index (χ2v) is 12.9. The minimum atomic E-state index is -0.0187. The van der Waals surface area contributed by atoms with Crippen LogP contribution in [0.15, 0.2) is 12.2 Å². The van der Waals surface area contributed by atoms with E-state index >= 15 is 0 Å².